The lowest BCUT2D eigenvalue weighted by molar-refractivity contribution is -0.140. The lowest BCUT2D eigenvalue weighted by Crippen LogP contribution is -2.17. The molecule has 1 N–H and O–H groups in total. The van der Waals surface area contributed by atoms with Gasteiger partial charge in [0.1, 0.15) is 10.6 Å². The summed E-state index contributed by atoms with van der Waals surface area (Å²) < 4.78 is 4.86. The largest absolute Gasteiger partial charge is 0.469 e. The number of benzene rings is 1. The Kier molecular flexibility index (Phi) is 5.74. The average Bonchev–Trinajstić information content (AvgIpc) is 3.09. The zero-order valence-corrected chi connectivity index (χ0v) is 16.4. The SMILES string of the molecule is COC(=O)CC(Nc1nc(Cl)nc2sccc12)c1ccc(C(C)C)cc1. The third kappa shape index (κ3) is 4.14. The van der Waals surface area contributed by atoms with Gasteiger partial charge in [-0.15, -0.1) is 11.3 Å². The maximum absolute atomic E-state index is 11.9. The molecule has 0 radical (unpaired) electrons. The van der Waals surface area contributed by atoms with Gasteiger partial charge < -0.3 is 10.1 Å². The molecule has 0 spiro atoms. The quantitative estimate of drug-likeness (QED) is 0.464. The number of aromatic nitrogens is 2. The number of esters is 1. The van der Waals surface area contributed by atoms with Crippen molar-refractivity contribution in [1.29, 1.82) is 0 Å². The summed E-state index contributed by atoms with van der Waals surface area (Å²) in [7, 11) is 1.39. The standard InChI is InChI=1S/C19H20ClN3O2S/c1-11(2)12-4-6-13(7-5-12)15(10-16(24)25-3)21-17-14-8-9-26-18(14)23-19(20)22-17/h4-9,11,15H,10H2,1-3H3,(H,21,22,23). The van der Waals surface area contributed by atoms with Gasteiger partial charge in [0.25, 0.3) is 0 Å². The van der Waals surface area contributed by atoms with E-state index in [0.29, 0.717) is 11.7 Å². The van der Waals surface area contributed by atoms with E-state index in [2.05, 4.69) is 41.3 Å². The highest BCUT2D eigenvalue weighted by Crippen LogP contribution is 2.31. The highest BCUT2D eigenvalue weighted by atomic mass is 35.5. The van der Waals surface area contributed by atoms with Crippen LogP contribution in [0.3, 0.4) is 0 Å². The number of fused-ring (bicyclic) bond motifs is 1. The summed E-state index contributed by atoms with van der Waals surface area (Å²) in [5.41, 5.74) is 2.23. The average molecular weight is 390 g/mol. The van der Waals surface area contributed by atoms with E-state index in [1.54, 1.807) is 0 Å². The van der Waals surface area contributed by atoms with E-state index in [9.17, 15) is 4.79 Å². The first kappa shape index (κ1) is 18.6. The topological polar surface area (TPSA) is 64.1 Å². The van der Waals surface area contributed by atoms with Gasteiger partial charge in [0.15, 0.2) is 0 Å². The number of nitrogens with one attached hydrogen (secondary N) is 1. The van der Waals surface area contributed by atoms with Gasteiger partial charge in [-0.05, 0) is 40.1 Å². The van der Waals surface area contributed by atoms with Gasteiger partial charge in [-0.25, -0.2) is 9.97 Å². The van der Waals surface area contributed by atoms with Crippen molar-refractivity contribution in [3.63, 3.8) is 0 Å². The molecule has 1 atom stereocenters. The highest BCUT2D eigenvalue weighted by Gasteiger charge is 2.19. The predicted octanol–water partition coefficient (Wildman–Crippen LogP) is 5.18. The van der Waals surface area contributed by atoms with Crippen LogP contribution in [0.2, 0.25) is 5.28 Å². The van der Waals surface area contributed by atoms with Crippen LogP contribution in [-0.4, -0.2) is 23.0 Å². The Hall–Kier alpha value is -2.18. The van der Waals surface area contributed by atoms with E-state index < -0.39 is 0 Å². The van der Waals surface area contributed by atoms with Crippen molar-refractivity contribution in [2.45, 2.75) is 32.2 Å². The Balaban J connectivity index is 1.95. The van der Waals surface area contributed by atoms with Crippen LogP contribution in [0.1, 0.15) is 43.4 Å². The minimum absolute atomic E-state index is 0.175. The number of halogens is 1. The molecule has 2 heterocycles. The summed E-state index contributed by atoms with van der Waals surface area (Å²) in [6, 6.07) is 9.89. The molecule has 26 heavy (non-hydrogen) atoms. The fraction of sp³-hybridized carbons (Fsp3) is 0.316. The molecule has 5 nitrogen and oxygen atoms in total. The smallest absolute Gasteiger partial charge is 0.307 e. The Morgan fingerprint density at radius 2 is 1.88 bits per heavy atom. The fourth-order valence-electron chi connectivity index (χ4n) is 2.72. The molecule has 3 rings (SSSR count). The van der Waals surface area contributed by atoms with Crippen LogP contribution < -0.4 is 5.32 Å². The molecule has 1 unspecified atom stereocenters. The molecule has 0 bridgehead atoms. The molecule has 2 aromatic heterocycles. The van der Waals surface area contributed by atoms with Gasteiger partial charge in [-0.3, -0.25) is 4.79 Å². The molecular weight excluding hydrogens is 370 g/mol. The third-order valence-corrected chi connectivity index (χ3v) is 5.19. The van der Waals surface area contributed by atoms with Crippen LogP contribution in [0.25, 0.3) is 10.2 Å². The van der Waals surface area contributed by atoms with E-state index in [-0.39, 0.29) is 23.7 Å². The molecule has 0 aliphatic heterocycles. The summed E-state index contributed by atoms with van der Waals surface area (Å²) >= 11 is 7.55. The number of hydrogen-bond acceptors (Lipinski definition) is 6. The van der Waals surface area contributed by atoms with Crippen molar-refractivity contribution in [2.24, 2.45) is 0 Å². The van der Waals surface area contributed by atoms with Crippen molar-refractivity contribution in [3.8, 4) is 0 Å². The third-order valence-electron chi connectivity index (χ3n) is 4.21. The molecule has 0 saturated heterocycles. The summed E-state index contributed by atoms with van der Waals surface area (Å²) in [6.45, 7) is 4.30. The van der Waals surface area contributed by atoms with Gasteiger partial charge in [-0.1, -0.05) is 38.1 Å². The lowest BCUT2D eigenvalue weighted by Gasteiger charge is -2.20. The number of methoxy groups -OCH3 is 1. The monoisotopic (exact) mass is 389 g/mol. The van der Waals surface area contributed by atoms with Gasteiger partial charge in [0.2, 0.25) is 5.28 Å². The van der Waals surface area contributed by atoms with E-state index in [1.165, 1.54) is 24.0 Å². The van der Waals surface area contributed by atoms with Gasteiger partial charge in [0.05, 0.1) is 25.0 Å². The molecule has 0 aliphatic carbocycles. The minimum Gasteiger partial charge on any atom is -0.469 e. The fourth-order valence-corrected chi connectivity index (χ4v) is 3.70. The van der Waals surface area contributed by atoms with Crippen molar-refractivity contribution in [1.82, 2.24) is 9.97 Å². The van der Waals surface area contributed by atoms with Crippen LogP contribution in [0.15, 0.2) is 35.7 Å². The normalized spacial score (nSPS) is 12.3. The second-order valence-corrected chi connectivity index (χ2v) is 7.51. The number of anilines is 1. The molecule has 0 aliphatic rings. The summed E-state index contributed by atoms with van der Waals surface area (Å²) in [5.74, 6) is 0.766. The van der Waals surface area contributed by atoms with Crippen LogP contribution in [-0.2, 0) is 9.53 Å². The number of carbonyl (C=O) groups is 1. The van der Waals surface area contributed by atoms with Crippen molar-refractivity contribution < 1.29 is 9.53 Å². The first-order valence-corrected chi connectivity index (χ1v) is 9.57. The minimum atomic E-state index is -0.294. The zero-order valence-electron chi connectivity index (χ0n) is 14.8. The summed E-state index contributed by atoms with van der Waals surface area (Å²) in [6.07, 6.45) is 0.185. The summed E-state index contributed by atoms with van der Waals surface area (Å²) in [5, 5.41) is 6.35. The first-order chi connectivity index (χ1) is 12.5. The second-order valence-electron chi connectivity index (χ2n) is 6.28. The number of ether oxygens (including phenoxy) is 1. The molecular formula is C19H20ClN3O2S. The Labute approximate surface area is 161 Å². The van der Waals surface area contributed by atoms with Crippen molar-refractivity contribution in [3.05, 3.63) is 52.1 Å². The van der Waals surface area contributed by atoms with Gasteiger partial charge in [-0.2, -0.15) is 0 Å². The van der Waals surface area contributed by atoms with E-state index >= 15 is 0 Å². The maximum Gasteiger partial charge on any atom is 0.307 e. The van der Waals surface area contributed by atoms with Crippen molar-refractivity contribution in [2.75, 3.05) is 12.4 Å². The first-order valence-electron chi connectivity index (χ1n) is 8.32. The number of rotatable bonds is 6. The number of carbonyl (C=O) groups excluding carboxylic acids is 1. The Morgan fingerprint density at radius 3 is 2.54 bits per heavy atom. The highest BCUT2D eigenvalue weighted by molar-refractivity contribution is 7.16. The number of nitrogens with zero attached hydrogens (tertiary/aromatic N) is 2. The zero-order chi connectivity index (χ0) is 18.7. The molecule has 7 heteroatoms. The van der Waals surface area contributed by atoms with Crippen LogP contribution in [0.5, 0.6) is 0 Å². The number of hydrogen-bond donors (Lipinski definition) is 1. The molecule has 1 aromatic carbocycles. The van der Waals surface area contributed by atoms with Crippen LogP contribution in [0, 0.1) is 0 Å². The molecule has 3 aromatic rings. The van der Waals surface area contributed by atoms with Crippen molar-refractivity contribution >= 4 is 44.9 Å². The second kappa shape index (κ2) is 8.01. The molecule has 0 saturated carbocycles. The van der Waals surface area contributed by atoms with E-state index in [0.717, 1.165) is 15.8 Å². The Morgan fingerprint density at radius 1 is 1.19 bits per heavy atom. The predicted molar refractivity (Wildman–Crippen MR) is 106 cm³/mol. The molecule has 0 amide bonds. The summed E-state index contributed by atoms with van der Waals surface area (Å²) in [4.78, 5) is 21.3. The lowest BCUT2D eigenvalue weighted by atomic mass is 9.97. The molecule has 136 valence electrons. The van der Waals surface area contributed by atoms with Gasteiger partial charge >= 0.3 is 5.97 Å². The van der Waals surface area contributed by atoms with Gasteiger partial charge in [0, 0.05) is 0 Å². The van der Waals surface area contributed by atoms with Crippen LogP contribution >= 0.6 is 22.9 Å². The number of thiophene rings is 1. The van der Waals surface area contributed by atoms with E-state index in [4.69, 9.17) is 16.3 Å². The molecule has 0 fully saturated rings. The maximum atomic E-state index is 11.9. The van der Waals surface area contributed by atoms with Crippen LogP contribution in [0.4, 0.5) is 5.82 Å². The van der Waals surface area contributed by atoms with E-state index in [1.807, 2.05) is 23.6 Å². The Bertz CT molecular complexity index is 909.